The lowest BCUT2D eigenvalue weighted by molar-refractivity contribution is -0.123. The van der Waals surface area contributed by atoms with E-state index in [0.717, 1.165) is 4.90 Å². The number of carbonyl (C=O) groups is 3. The fraction of sp³-hybridized carbons (Fsp3) is 0.333. The molecular weight excluding hydrogens is 447 g/mol. The van der Waals surface area contributed by atoms with Gasteiger partial charge in [0.15, 0.2) is 0 Å². The standard InChI is InChI=1S/C21H20F3N3O4S/c1-4-31-17(28)16-11-13(9-10-25-16)12-26-19(30)27(18(29)20(26,2)3)14-5-7-15(8-6-14)32-21(22,23)24/h5-11H,4,12H2,1-3H3. The van der Waals surface area contributed by atoms with Crippen molar-refractivity contribution in [2.75, 3.05) is 11.5 Å². The van der Waals surface area contributed by atoms with E-state index in [-0.39, 0.29) is 41.2 Å². The van der Waals surface area contributed by atoms with Crippen LogP contribution in [0, 0.1) is 0 Å². The monoisotopic (exact) mass is 467 g/mol. The van der Waals surface area contributed by atoms with Crippen molar-refractivity contribution in [3.8, 4) is 0 Å². The molecule has 1 aliphatic rings. The summed E-state index contributed by atoms with van der Waals surface area (Å²) < 4.78 is 42.6. The summed E-state index contributed by atoms with van der Waals surface area (Å²) in [4.78, 5) is 44.2. The van der Waals surface area contributed by atoms with Crippen LogP contribution in [0.15, 0.2) is 47.5 Å². The number of alkyl halides is 3. The molecule has 1 saturated heterocycles. The van der Waals surface area contributed by atoms with Crippen molar-refractivity contribution in [1.29, 1.82) is 0 Å². The highest BCUT2D eigenvalue weighted by molar-refractivity contribution is 8.00. The second-order valence-corrected chi connectivity index (χ2v) is 8.52. The van der Waals surface area contributed by atoms with Crippen molar-refractivity contribution in [1.82, 2.24) is 9.88 Å². The fourth-order valence-corrected chi connectivity index (χ4v) is 3.74. The Morgan fingerprint density at radius 3 is 2.41 bits per heavy atom. The van der Waals surface area contributed by atoms with Gasteiger partial charge in [0.1, 0.15) is 11.2 Å². The summed E-state index contributed by atoms with van der Waals surface area (Å²) in [5, 5.41) is 0. The van der Waals surface area contributed by atoms with Gasteiger partial charge in [0.05, 0.1) is 12.3 Å². The molecule has 0 aliphatic carbocycles. The second-order valence-electron chi connectivity index (χ2n) is 7.38. The minimum absolute atomic E-state index is 0.0189. The van der Waals surface area contributed by atoms with E-state index in [2.05, 4.69) is 4.98 Å². The summed E-state index contributed by atoms with van der Waals surface area (Å²) in [6.07, 6.45) is 1.41. The second kappa shape index (κ2) is 8.81. The number of pyridine rings is 1. The Labute approximate surface area is 186 Å². The smallest absolute Gasteiger partial charge is 0.446 e. The fourth-order valence-electron chi connectivity index (χ4n) is 3.20. The van der Waals surface area contributed by atoms with Gasteiger partial charge in [0.2, 0.25) is 0 Å². The van der Waals surface area contributed by atoms with Gasteiger partial charge in [-0.15, -0.1) is 0 Å². The number of hydrogen-bond donors (Lipinski definition) is 0. The molecule has 32 heavy (non-hydrogen) atoms. The number of amides is 3. The number of urea groups is 1. The molecule has 1 aromatic heterocycles. The van der Waals surface area contributed by atoms with Crippen LogP contribution in [0.2, 0.25) is 0 Å². The molecule has 0 bridgehead atoms. The zero-order valence-electron chi connectivity index (χ0n) is 17.5. The van der Waals surface area contributed by atoms with Gasteiger partial charge < -0.3 is 9.64 Å². The summed E-state index contributed by atoms with van der Waals surface area (Å²) in [6.45, 7) is 5.03. The highest BCUT2D eigenvalue weighted by atomic mass is 32.2. The van der Waals surface area contributed by atoms with Crippen LogP contribution in [0.25, 0.3) is 0 Å². The van der Waals surface area contributed by atoms with Gasteiger partial charge in [-0.05, 0) is 74.5 Å². The van der Waals surface area contributed by atoms with Gasteiger partial charge in [0, 0.05) is 17.6 Å². The zero-order chi connectivity index (χ0) is 23.7. The van der Waals surface area contributed by atoms with E-state index < -0.39 is 29.0 Å². The van der Waals surface area contributed by atoms with Gasteiger partial charge in [-0.25, -0.2) is 19.5 Å². The van der Waals surface area contributed by atoms with Gasteiger partial charge in [-0.2, -0.15) is 13.2 Å². The van der Waals surface area contributed by atoms with Crippen LogP contribution in [0.1, 0.15) is 36.8 Å². The third-order valence-corrected chi connectivity index (χ3v) is 5.54. The highest BCUT2D eigenvalue weighted by Gasteiger charge is 2.51. The molecule has 1 fully saturated rings. The van der Waals surface area contributed by atoms with Crippen LogP contribution in [-0.4, -0.2) is 45.4 Å². The Bertz CT molecular complexity index is 1040. The van der Waals surface area contributed by atoms with Crippen molar-refractivity contribution in [3.63, 3.8) is 0 Å². The van der Waals surface area contributed by atoms with Crippen molar-refractivity contribution in [3.05, 3.63) is 53.9 Å². The maximum atomic E-state index is 13.1. The Kier molecular flexibility index (Phi) is 6.49. The Hall–Kier alpha value is -3.08. The Balaban J connectivity index is 1.84. The number of halogens is 3. The number of hydrogen-bond acceptors (Lipinski definition) is 6. The molecule has 0 unspecified atom stereocenters. The number of benzene rings is 1. The third kappa shape index (κ3) is 4.87. The molecule has 0 saturated carbocycles. The van der Waals surface area contributed by atoms with Crippen molar-refractivity contribution in [2.24, 2.45) is 0 Å². The lowest BCUT2D eigenvalue weighted by Gasteiger charge is -2.27. The molecule has 170 valence electrons. The molecule has 0 radical (unpaired) electrons. The SMILES string of the molecule is CCOC(=O)c1cc(CN2C(=O)N(c3ccc(SC(F)(F)F)cc3)C(=O)C2(C)C)ccn1. The minimum atomic E-state index is -4.44. The van der Waals surface area contributed by atoms with E-state index in [0.29, 0.717) is 5.56 Å². The first-order valence-electron chi connectivity index (χ1n) is 9.58. The van der Waals surface area contributed by atoms with Crippen LogP contribution in [-0.2, 0) is 16.1 Å². The topological polar surface area (TPSA) is 79.8 Å². The lowest BCUT2D eigenvalue weighted by atomic mass is 10.0. The maximum absolute atomic E-state index is 13.1. The van der Waals surface area contributed by atoms with Gasteiger partial charge in [0.25, 0.3) is 5.91 Å². The molecule has 0 N–H and O–H groups in total. The van der Waals surface area contributed by atoms with E-state index in [9.17, 15) is 27.6 Å². The summed E-state index contributed by atoms with van der Waals surface area (Å²) in [6, 6.07) is 7.49. The van der Waals surface area contributed by atoms with Gasteiger partial charge in [-0.3, -0.25) is 4.79 Å². The van der Waals surface area contributed by atoms with Crippen molar-refractivity contribution < 1.29 is 32.3 Å². The summed E-state index contributed by atoms with van der Waals surface area (Å²) in [5.41, 5.74) is -4.84. The van der Waals surface area contributed by atoms with Gasteiger partial charge >= 0.3 is 17.5 Å². The number of nitrogens with zero attached hydrogens (tertiary/aromatic N) is 3. The molecule has 0 atom stereocenters. The Morgan fingerprint density at radius 1 is 1.16 bits per heavy atom. The number of aromatic nitrogens is 1. The third-order valence-electron chi connectivity index (χ3n) is 4.80. The normalized spacial score (nSPS) is 15.9. The maximum Gasteiger partial charge on any atom is 0.446 e. The van der Waals surface area contributed by atoms with Crippen molar-refractivity contribution in [2.45, 2.75) is 43.3 Å². The molecule has 11 heteroatoms. The van der Waals surface area contributed by atoms with Crippen LogP contribution in [0.3, 0.4) is 0 Å². The lowest BCUT2D eigenvalue weighted by Crippen LogP contribution is -2.43. The van der Waals surface area contributed by atoms with E-state index in [1.165, 1.54) is 41.4 Å². The number of rotatable bonds is 6. The van der Waals surface area contributed by atoms with Crippen LogP contribution in [0.4, 0.5) is 23.7 Å². The summed E-state index contributed by atoms with van der Waals surface area (Å²) in [5.74, 6) is -1.12. The van der Waals surface area contributed by atoms with Gasteiger partial charge in [-0.1, -0.05) is 0 Å². The van der Waals surface area contributed by atoms with Crippen LogP contribution in [0.5, 0.6) is 0 Å². The largest absolute Gasteiger partial charge is 0.461 e. The molecule has 3 amide bonds. The van der Waals surface area contributed by atoms with E-state index in [1.807, 2.05) is 0 Å². The molecule has 3 rings (SSSR count). The number of imide groups is 1. The number of ether oxygens (including phenoxy) is 1. The predicted octanol–water partition coefficient (Wildman–Crippen LogP) is 4.62. The van der Waals surface area contributed by atoms with Crippen LogP contribution < -0.4 is 4.90 Å². The number of anilines is 1. The first-order chi connectivity index (χ1) is 14.9. The number of thioether (sulfide) groups is 1. The molecule has 7 nitrogen and oxygen atoms in total. The number of esters is 1. The quantitative estimate of drug-likeness (QED) is 0.351. The molecular formula is C21H20F3N3O4S. The van der Waals surface area contributed by atoms with E-state index in [4.69, 9.17) is 4.74 Å². The van der Waals surface area contributed by atoms with E-state index in [1.54, 1.807) is 26.8 Å². The average molecular weight is 467 g/mol. The van der Waals surface area contributed by atoms with Crippen LogP contribution >= 0.6 is 11.8 Å². The molecule has 2 aromatic rings. The first-order valence-corrected chi connectivity index (χ1v) is 10.4. The first kappa shape index (κ1) is 23.6. The average Bonchev–Trinajstić information content (AvgIpc) is 2.88. The molecule has 0 spiro atoms. The summed E-state index contributed by atoms with van der Waals surface area (Å²) in [7, 11) is 0. The molecule has 1 aliphatic heterocycles. The zero-order valence-corrected chi connectivity index (χ0v) is 18.3. The Morgan fingerprint density at radius 2 is 1.81 bits per heavy atom. The summed E-state index contributed by atoms with van der Waals surface area (Å²) >= 11 is -0.280. The molecule has 1 aromatic carbocycles. The predicted molar refractivity (Wildman–Crippen MR) is 111 cm³/mol. The molecule has 2 heterocycles. The van der Waals surface area contributed by atoms with Crippen molar-refractivity contribution >= 4 is 35.4 Å². The number of carbonyl (C=O) groups excluding carboxylic acids is 3. The minimum Gasteiger partial charge on any atom is -0.461 e. The highest BCUT2D eigenvalue weighted by Crippen LogP contribution is 2.38. The van der Waals surface area contributed by atoms with E-state index >= 15 is 0 Å².